The zero-order valence-electron chi connectivity index (χ0n) is 10.2. The molecular weight excluding hydrogens is 256 g/mol. The van der Waals surface area contributed by atoms with Gasteiger partial charge in [-0.15, -0.1) is 0 Å². The van der Waals surface area contributed by atoms with Crippen LogP contribution in [-0.4, -0.2) is 40.8 Å². The number of rotatable bonds is 4. The van der Waals surface area contributed by atoms with E-state index in [1.807, 2.05) is 6.92 Å². The minimum Gasteiger partial charge on any atom is -0.481 e. The van der Waals surface area contributed by atoms with Crippen molar-refractivity contribution in [3.63, 3.8) is 0 Å². The molecule has 2 rings (SSSR count). The van der Waals surface area contributed by atoms with E-state index in [2.05, 4.69) is 5.10 Å². The molecule has 1 aliphatic rings. The summed E-state index contributed by atoms with van der Waals surface area (Å²) in [4.78, 5) is 10.5. The Morgan fingerprint density at radius 3 is 2.89 bits per heavy atom. The summed E-state index contributed by atoms with van der Waals surface area (Å²) in [5.74, 6) is -0.499. The average molecular weight is 272 g/mol. The van der Waals surface area contributed by atoms with E-state index >= 15 is 0 Å². The van der Waals surface area contributed by atoms with Crippen LogP contribution in [0.2, 0.25) is 0 Å². The lowest BCUT2D eigenvalue weighted by molar-refractivity contribution is -0.136. The quantitative estimate of drug-likeness (QED) is 0.865. The van der Waals surface area contributed by atoms with Gasteiger partial charge in [-0.25, -0.2) is 8.42 Å². The van der Waals surface area contributed by atoms with Crippen molar-refractivity contribution >= 4 is 15.8 Å². The van der Waals surface area contributed by atoms with Gasteiger partial charge in [-0.1, -0.05) is 0 Å². The van der Waals surface area contributed by atoms with E-state index in [9.17, 15) is 13.2 Å². The number of aryl methyl sites for hydroxylation is 1. The first kappa shape index (κ1) is 13.1. The van der Waals surface area contributed by atoms with Crippen molar-refractivity contribution < 1.29 is 18.3 Å². The molecule has 0 bridgehead atoms. The van der Waals surface area contributed by atoms with Gasteiger partial charge in [0.05, 0.1) is 23.7 Å². The summed E-state index contributed by atoms with van der Waals surface area (Å²) in [7, 11) is -2.93. The second-order valence-electron chi connectivity index (χ2n) is 4.65. The van der Waals surface area contributed by atoms with Crippen molar-refractivity contribution in [2.45, 2.75) is 32.2 Å². The van der Waals surface area contributed by atoms with Crippen LogP contribution in [0.3, 0.4) is 0 Å². The van der Waals surface area contributed by atoms with Gasteiger partial charge in [0.25, 0.3) is 0 Å². The zero-order valence-corrected chi connectivity index (χ0v) is 11.0. The van der Waals surface area contributed by atoms with Gasteiger partial charge in [-0.2, -0.15) is 5.10 Å². The van der Waals surface area contributed by atoms with Gasteiger partial charge in [-0.3, -0.25) is 9.48 Å². The molecule has 0 amide bonds. The van der Waals surface area contributed by atoms with E-state index in [-0.39, 0.29) is 24.0 Å². The van der Waals surface area contributed by atoms with Crippen LogP contribution >= 0.6 is 0 Å². The van der Waals surface area contributed by atoms with E-state index in [1.54, 1.807) is 10.9 Å². The van der Waals surface area contributed by atoms with Crippen LogP contribution in [0.25, 0.3) is 0 Å². The first-order valence-electron chi connectivity index (χ1n) is 5.84. The Morgan fingerprint density at radius 1 is 1.61 bits per heavy atom. The number of nitrogens with zero attached hydrogens (tertiary/aromatic N) is 2. The predicted molar refractivity (Wildman–Crippen MR) is 65.2 cm³/mol. The van der Waals surface area contributed by atoms with Crippen molar-refractivity contribution in [3.8, 4) is 0 Å². The predicted octanol–water partition coefficient (Wildman–Crippen LogP) is 0.568. The van der Waals surface area contributed by atoms with E-state index in [4.69, 9.17) is 5.11 Å². The number of carboxylic acids is 1. The molecule has 0 aromatic carbocycles. The number of hydrogen-bond acceptors (Lipinski definition) is 4. The monoisotopic (exact) mass is 272 g/mol. The largest absolute Gasteiger partial charge is 0.481 e. The molecule has 1 N–H and O–H groups in total. The minimum absolute atomic E-state index is 0.0650. The van der Waals surface area contributed by atoms with E-state index in [0.29, 0.717) is 12.8 Å². The zero-order chi connectivity index (χ0) is 13.3. The van der Waals surface area contributed by atoms with E-state index < -0.39 is 15.8 Å². The maximum atomic E-state index is 11.4. The Bertz CT molecular complexity index is 562. The third-order valence-electron chi connectivity index (χ3n) is 3.31. The van der Waals surface area contributed by atoms with Crippen molar-refractivity contribution in [2.24, 2.45) is 0 Å². The molecule has 0 spiro atoms. The number of aromatic nitrogens is 2. The fraction of sp³-hybridized carbons (Fsp3) is 0.636. The molecule has 1 fully saturated rings. The number of hydrogen-bond donors (Lipinski definition) is 1. The summed E-state index contributed by atoms with van der Waals surface area (Å²) in [6, 6.07) is -0.103. The Morgan fingerprint density at radius 2 is 2.33 bits per heavy atom. The lowest BCUT2D eigenvalue weighted by Gasteiger charge is -2.11. The SMILES string of the molecule is Cc1c(CCC(=O)O)cnn1C1CCS(=O)(=O)C1. The van der Waals surface area contributed by atoms with E-state index in [1.165, 1.54) is 0 Å². The number of sulfone groups is 1. The molecule has 1 atom stereocenters. The van der Waals surface area contributed by atoms with Crippen molar-refractivity contribution in [2.75, 3.05) is 11.5 Å². The minimum atomic E-state index is -2.93. The molecule has 1 saturated heterocycles. The Kier molecular flexibility index (Phi) is 3.43. The molecule has 0 saturated carbocycles. The molecule has 0 aliphatic carbocycles. The summed E-state index contributed by atoms with van der Waals surface area (Å²) < 4.78 is 24.6. The average Bonchev–Trinajstić information content (AvgIpc) is 2.79. The first-order chi connectivity index (χ1) is 8.39. The third-order valence-corrected chi connectivity index (χ3v) is 5.06. The van der Waals surface area contributed by atoms with Crippen molar-refractivity contribution in [1.29, 1.82) is 0 Å². The van der Waals surface area contributed by atoms with Crippen molar-refractivity contribution in [3.05, 3.63) is 17.5 Å². The smallest absolute Gasteiger partial charge is 0.303 e. The van der Waals surface area contributed by atoms with Crippen LogP contribution in [0.1, 0.15) is 30.1 Å². The van der Waals surface area contributed by atoms with Gasteiger partial charge in [-0.05, 0) is 25.3 Å². The summed E-state index contributed by atoms with van der Waals surface area (Å²) >= 11 is 0. The van der Waals surface area contributed by atoms with Gasteiger partial charge in [0.15, 0.2) is 9.84 Å². The highest BCUT2D eigenvalue weighted by Gasteiger charge is 2.30. The molecule has 1 aromatic rings. The van der Waals surface area contributed by atoms with Crippen LogP contribution in [0.15, 0.2) is 6.20 Å². The van der Waals surface area contributed by atoms with Crippen LogP contribution in [0.4, 0.5) is 0 Å². The van der Waals surface area contributed by atoms with Gasteiger partial charge >= 0.3 is 5.97 Å². The van der Waals surface area contributed by atoms with Gasteiger partial charge in [0.1, 0.15) is 0 Å². The number of carbonyl (C=O) groups is 1. The maximum Gasteiger partial charge on any atom is 0.303 e. The van der Waals surface area contributed by atoms with Crippen LogP contribution < -0.4 is 0 Å². The summed E-state index contributed by atoms with van der Waals surface area (Å²) in [5, 5.41) is 12.8. The fourth-order valence-electron chi connectivity index (χ4n) is 2.28. The number of carboxylic acid groups (broad SMARTS) is 1. The first-order valence-corrected chi connectivity index (χ1v) is 7.66. The molecule has 7 heteroatoms. The second kappa shape index (κ2) is 4.72. The lowest BCUT2D eigenvalue weighted by atomic mass is 10.1. The molecule has 1 aliphatic heterocycles. The molecule has 0 radical (unpaired) electrons. The van der Waals surface area contributed by atoms with Crippen molar-refractivity contribution in [1.82, 2.24) is 9.78 Å². The Labute approximate surface area is 106 Å². The van der Waals surface area contributed by atoms with E-state index in [0.717, 1.165) is 11.3 Å². The molecule has 1 aromatic heterocycles. The van der Waals surface area contributed by atoms with Crippen LogP contribution in [0.5, 0.6) is 0 Å². The summed E-state index contributed by atoms with van der Waals surface area (Å²) in [6.07, 6.45) is 2.72. The van der Waals surface area contributed by atoms with Crippen LogP contribution in [-0.2, 0) is 21.1 Å². The lowest BCUT2D eigenvalue weighted by Crippen LogP contribution is -2.14. The third kappa shape index (κ3) is 2.72. The highest BCUT2D eigenvalue weighted by atomic mass is 32.2. The van der Waals surface area contributed by atoms with Gasteiger partial charge < -0.3 is 5.11 Å². The molecular formula is C11H16N2O4S. The number of aliphatic carboxylic acids is 1. The van der Waals surface area contributed by atoms with Gasteiger partial charge in [0.2, 0.25) is 0 Å². The molecule has 6 nitrogen and oxygen atoms in total. The van der Waals surface area contributed by atoms with Gasteiger partial charge in [0, 0.05) is 12.1 Å². The van der Waals surface area contributed by atoms with Crippen LogP contribution in [0, 0.1) is 6.92 Å². The summed E-state index contributed by atoms with van der Waals surface area (Å²) in [6.45, 7) is 1.86. The normalized spacial score (nSPS) is 22.2. The summed E-state index contributed by atoms with van der Waals surface area (Å²) in [5.41, 5.74) is 1.75. The highest BCUT2D eigenvalue weighted by molar-refractivity contribution is 7.91. The molecule has 100 valence electrons. The highest BCUT2D eigenvalue weighted by Crippen LogP contribution is 2.25. The second-order valence-corrected chi connectivity index (χ2v) is 6.88. The topological polar surface area (TPSA) is 89.3 Å². The maximum absolute atomic E-state index is 11.4. The molecule has 2 heterocycles. The molecule has 18 heavy (non-hydrogen) atoms. The standard InChI is InChI=1S/C11H16N2O4S/c1-8-9(2-3-11(14)15)6-12-13(8)10-4-5-18(16,17)7-10/h6,10H,2-5,7H2,1H3,(H,14,15). The Hall–Kier alpha value is -1.37. The molecule has 1 unspecified atom stereocenters. The Balaban J connectivity index is 2.14. The fourth-order valence-corrected chi connectivity index (χ4v) is 3.97.